The van der Waals surface area contributed by atoms with Gasteiger partial charge >= 0.3 is 6.09 Å². The number of carbonyl (C=O) groups excluding carboxylic acids is 2. The molecule has 1 heterocycles. The number of alkyl carbamates (subject to hydrolysis) is 1. The molecule has 1 N–H and O–H groups in total. The molecule has 2 rings (SSSR count). The molecule has 1 amide bonds. The Morgan fingerprint density at radius 1 is 1.11 bits per heavy atom. The van der Waals surface area contributed by atoms with E-state index < -0.39 is 29.1 Å². The molecule has 1 saturated carbocycles. The first-order chi connectivity index (χ1) is 17.5. The summed E-state index contributed by atoms with van der Waals surface area (Å²) in [7, 11) is 1.53. The lowest BCUT2D eigenvalue weighted by Crippen LogP contribution is -2.63. The number of rotatable bonds is 12. The van der Waals surface area contributed by atoms with Gasteiger partial charge in [0.1, 0.15) is 11.4 Å². The number of nitrogens with zero attached hydrogens (tertiary/aromatic N) is 1. The number of amides is 1. The number of Topliss-reactive ketones (excluding diaryl/α,β-unsaturated/α-hetero) is 1. The summed E-state index contributed by atoms with van der Waals surface area (Å²) in [6, 6.07) is 3.02. The van der Waals surface area contributed by atoms with Crippen LogP contribution in [0.2, 0.25) is 0 Å². The Labute approximate surface area is 229 Å². The van der Waals surface area contributed by atoms with Crippen LogP contribution in [0.5, 0.6) is 5.75 Å². The summed E-state index contributed by atoms with van der Waals surface area (Å²) < 4.78 is 24.0. The van der Waals surface area contributed by atoms with Gasteiger partial charge < -0.3 is 24.3 Å². The predicted octanol–water partition coefficient (Wildman–Crippen LogP) is 6.25. The fraction of sp³-hybridized carbons (Fsp3) is 0.767. The number of pyridine rings is 1. The zero-order valence-electron chi connectivity index (χ0n) is 25.2. The van der Waals surface area contributed by atoms with Gasteiger partial charge in [0, 0.05) is 31.5 Å². The minimum Gasteiger partial charge on any atom is -0.490 e. The molecule has 1 fully saturated rings. The van der Waals surface area contributed by atoms with Gasteiger partial charge in [0.25, 0.3) is 0 Å². The average molecular weight is 535 g/mol. The van der Waals surface area contributed by atoms with E-state index in [1.165, 1.54) is 14.0 Å². The molecule has 216 valence electrons. The van der Waals surface area contributed by atoms with Crippen molar-refractivity contribution in [1.29, 1.82) is 0 Å². The third kappa shape index (κ3) is 9.84. The normalized spacial score (nSPS) is 20.9. The summed E-state index contributed by atoms with van der Waals surface area (Å²) in [5, 5.41) is 2.96. The molecule has 0 saturated heterocycles. The zero-order chi connectivity index (χ0) is 28.7. The molecule has 0 unspecified atom stereocenters. The zero-order valence-corrected chi connectivity index (χ0v) is 25.2. The molecule has 0 aromatic carbocycles. The maximum atomic E-state index is 13.6. The van der Waals surface area contributed by atoms with Crippen LogP contribution in [0.15, 0.2) is 18.3 Å². The van der Waals surface area contributed by atoms with E-state index >= 15 is 0 Å². The first kappa shape index (κ1) is 32.0. The number of ether oxygens (including phenoxy) is 4. The molecule has 38 heavy (non-hydrogen) atoms. The molecule has 0 radical (unpaired) electrons. The highest BCUT2D eigenvalue weighted by atomic mass is 16.7. The molecule has 1 aliphatic carbocycles. The van der Waals surface area contributed by atoms with Gasteiger partial charge in [-0.05, 0) is 91.5 Å². The van der Waals surface area contributed by atoms with Crippen molar-refractivity contribution in [3.8, 4) is 5.75 Å². The molecule has 8 nitrogen and oxygen atoms in total. The monoisotopic (exact) mass is 534 g/mol. The number of nitrogens with one attached hydrogen (secondary N) is 1. The minimum absolute atomic E-state index is 0.126. The van der Waals surface area contributed by atoms with Gasteiger partial charge in [0.05, 0.1) is 12.1 Å². The second-order valence-electron chi connectivity index (χ2n) is 12.6. The lowest BCUT2D eigenvalue weighted by Gasteiger charge is -2.44. The number of hydrogen-bond donors (Lipinski definition) is 1. The van der Waals surface area contributed by atoms with Gasteiger partial charge in [-0.1, -0.05) is 20.8 Å². The highest BCUT2D eigenvalue weighted by Crippen LogP contribution is 2.34. The van der Waals surface area contributed by atoms with Crippen LogP contribution in [0.3, 0.4) is 0 Å². The largest absolute Gasteiger partial charge is 0.490 e. The molecule has 1 aromatic heterocycles. The molecular weight excluding hydrogens is 484 g/mol. The Hall–Kier alpha value is -2.19. The third-order valence-electron chi connectivity index (χ3n) is 6.97. The van der Waals surface area contributed by atoms with Gasteiger partial charge in [0.15, 0.2) is 17.2 Å². The minimum atomic E-state index is -1.47. The number of methoxy groups -OCH3 is 1. The van der Waals surface area contributed by atoms with Gasteiger partial charge in [-0.3, -0.25) is 9.78 Å². The molecular formula is C30H50N2O6. The summed E-state index contributed by atoms with van der Waals surface area (Å²) in [6.45, 7) is 16.7. The topological polar surface area (TPSA) is 96.0 Å². The van der Waals surface area contributed by atoms with Crippen LogP contribution in [-0.2, 0) is 25.4 Å². The van der Waals surface area contributed by atoms with E-state index in [1.54, 1.807) is 40.8 Å². The average Bonchev–Trinajstić information content (AvgIpc) is 2.78. The lowest BCUT2D eigenvalue weighted by atomic mass is 9.80. The fourth-order valence-electron chi connectivity index (χ4n) is 4.87. The molecule has 0 aliphatic heterocycles. The van der Waals surface area contributed by atoms with E-state index in [0.29, 0.717) is 12.1 Å². The highest BCUT2D eigenvalue weighted by Gasteiger charge is 2.50. The van der Waals surface area contributed by atoms with Crippen molar-refractivity contribution in [1.82, 2.24) is 10.3 Å². The Morgan fingerprint density at radius 3 is 2.26 bits per heavy atom. The Kier molecular flexibility index (Phi) is 11.2. The lowest BCUT2D eigenvalue weighted by molar-refractivity contribution is -0.260. The number of ketones is 1. The quantitative estimate of drug-likeness (QED) is 0.317. The standard InChI is InChI=1S/C30H50N2O6/c1-20(2)17-26(32-27(34)37-28(5,6)7)30(22(4)33,38-29(8,9)35-10)19-23-18-25(15-16-31-23)36-24-13-11-21(3)12-14-24/h15-16,18,20-21,24,26H,11-14,17,19H2,1-10H3,(H,32,34)/t21-,24-,26-,30-/m1/s1. The highest BCUT2D eigenvalue weighted by molar-refractivity contribution is 5.87. The summed E-state index contributed by atoms with van der Waals surface area (Å²) in [5.74, 6) is 0.260. The summed E-state index contributed by atoms with van der Waals surface area (Å²) in [5.41, 5.74) is -1.53. The van der Waals surface area contributed by atoms with Crippen LogP contribution in [0, 0.1) is 11.8 Å². The Morgan fingerprint density at radius 2 is 1.74 bits per heavy atom. The van der Waals surface area contributed by atoms with Crippen LogP contribution in [0.4, 0.5) is 4.79 Å². The second-order valence-corrected chi connectivity index (χ2v) is 12.6. The van der Waals surface area contributed by atoms with Crippen molar-refractivity contribution in [2.24, 2.45) is 11.8 Å². The maximum absolute atomic E-state index is 13.6. The number of carbonyl (C=O) groups is 2. The third-order valence-corrected chi connectivity index (χ3v) is 6.97. The van der Waals surface area contributed by atoms with Crippen LogP contribution in [-0.4, -0.2) is 53.1 Å². The van der Waals surface area contributed by atoms with Crippen molar-refractivity contribution in [2.45, 2.75) is 130 Å². The van der Waals surface area contributed by atoms with Crippen molar-refractivity contribution < 1.29 is 28.5 Å². The van der Waals surface area contributed by atoms with Gasteiger partial charge in [-0.2, -0.15) is 0 Å². The summed E-state index contributed by atoms with van der Waals surface area (Å²) >= 11 is 0. The van der Waals surface area contributed by atoms with Crippen molar-refractivity contribution in [3.05, 3.63) is 24.0 Å². The van der Waals surface area contributed by atoms with E-state index in [-0.39, 0.29) is 24.2 Å². The van der Waals surface area contributed by atoms with Gasteiger partial charge in [-0.15, -0.1) is 0 Å². The van der Waals surface area contributed by atoms with E-state index in [4.69, 9.17) is 18.9 Å². The fourth-order valence-corrected chi connectivity index (χ4v) is 4.87. The summed E-state index contributed by atoms with van der Waals surface area (Å²) in [6.07, 6.45) is 6.23. The molecule has 0 bridgehead atoms. The van der Waals surface area contributed by atoms with Crippen LogP contribution < -0.4 is 10.1 Å². The van der Waals surface area contributed by atoms with E-state index in [2.05, 4.69) is 17.2 Å². The summed E-state index contributed by atoms with van der Waals surface area (Å²) in [4.78, 5) is 31.1. The van der Waals surface area contributed by atoms with Crippen molar-refractivity contribution in [3.63, 3.8) is 0 Å². The van der Waals surface area contributed by atoms with Crippen LogP contribution >= 0.6 is 0 Å². The van der Waals surface area contributed by atoms with Crippen molar-refractivity contribution >= 4 is 11.9 Å². The van der Waals surface area contributed by atoms with E-state index in [0.717, 1.165) is 37.4 Å². The van der Waals surface area contributed by atoms with E-state index in [1.807, 2.05) is 26.0 Å². The van der Waals surface area contributed by atoms with Crippen molar-refractivity contribution in [2.75, 3.05) is 7.11 Å². The van der Waals surface area contributed by atoms with Crippen LogP contribution in [0.1, 0.15) is 100 Å². The predicted molar refractivity (Wildman–Crippen MR) is 148 cm³/mol. The molecule has 2 atom stereocenters. The van der Waals surface area contributed by atoms with Gasteiger partial charge in [0.2, 0.25) is 0 Å². The molecule has 1 aromatic rings. The molecule has 0 spiro atoms. The first-order valence-electron chi connectivity index (χ1n) is 13.9. The second kappa shape index (κ2) is 13.2. The number of hydrogen-bond acceptors (Lipinski definition) is 7. The first-order valence-corrected chi connectivity index (χ1v) is 13.9. The van der Waals surface area contributed by atoms with E-state index in [9.17, 15) is 9.59 Å². The molecule has 8 heteroatoms. The maximum Gasteiger partial charge on any atom is 0.407 e. The smallest absolute Gasteiger partial charge is 0.407 e. The van der Waals surface area contributed by atoms with Crippen LogP contribution in [0.25, 0.3) is 0 Å². The Balaban J connectivity index is 2.46. The Bertz CT molecular complexity index is 918. The SMILES string of the molecule is COC(C)(C)O[C@](Cc1cc(O[C@H]2CC[C@H](C)CC2)ccn1)(C(C)=O)[C@@H](CC(C)C)NC(=O)OC(C)(C)C. The molecule has 1 aliphatic rings. The van der Waals surface area contributed by atoms with Gasteiger partial charge in [-0.25, -0.2) is 4.79 Å². The number of aromatic nitrogens is 1.